The van der Waals surface area contributed by atoms with Crippen LogP contribution in [0.15, 0.2) is 18.3 Å². The van der Waals surface area contributed by atoms with Crippen molar-refractivity contribution in [1.29, 1.82) is 0 Å². The maximum Gasteiger partial charge on any atom is 0.183 e. The van der Waals surface area contributed by atoms with Crippen LogP contribution in [0, 0.1) is 6.92 Å². The van der Waals surface area contributed by atoms with Gasteiger partial charge in [0.15, 0.2) is 5.78 Å². The summed E-state index contributed by atoms with van der Waals surface area (Å²) >= 11 is 0. The second-order valence-corrected chi connectivity index (χ2v) is 4.17. The Morgan fingerprint density at radius 1 is 1.47 bits per heavy atom. The minimum absolute atomic E-state index is 0.0804. The van der Waals surface area contributed by atoms with Crippen LogP contribution >= 0.6 is 0 Å². The molecule has 0 aliphatic rings. The van der Waals surface area contributed by atoms with E-state index in [0.717, 1.165) is 12.2 Å². The molecule has 0 saturated carbocycles. The summed E-state index contributed by atoms with van der Waals surface area (Å²) in [5.41, 5.74) is 1.06. The van der Waals surface area contributed by atoms with Gasteiger partial charge in [-0.05, 0) is 39.4 Å². The van der Waals surface area contributed by atoms with Gasteiger partial charge in [-0.25, -0.2) is 0 Å². The number of carbonyl (C=O) groups is 1. The van der Waals surface area contributed by atoms with Crippen LogP contribution in [0.5, 0.6) is 0 Å². The summed E-state index contributed by atoms with van der Waals surface area (Å²) < 4.78 is 0. The predicted octanol–water partition coefficient (Wildman–Crippen LogP) is 1.96. The van der Waals surface area contributed by atoms with Gasteiger partial charge in [0.05, 0.1) is 5.54 Å². The quantitative estimate of drug-likeness (QED) is 0.766. The zero-order valence-corrected chi connectivity index (χ0v) is 9.79. The summed E-state index contributed by atoms with van der Waals surface area (Å²) in [6, 6.07) is 3.68. The minimum atomic E-state index is -0.522. The molecular formula is C12H18N2O. The number of nitrogens with one attached hydrogen (secondary N) is 1. The highest BCUT2D eigenvalue weighted by atomic mass is 16.1. The summed E-state index contributed by atoms with van der Waals surface area (Å²) in [5.74, 6) is 0.0804. The summed E-state index contributed by atoms with van der Waals surface area (Å²) in [6.07, 6.45) is 1.64. The minimum Gasteiger partial charge on any atom is -0.305 e. The topological polar surface area (TPSA) is 42.0 Å². The number of aryl methyl sites for hydroxylation is 1. The molecule has 1 rings (SSSR count). The van der Waals surface area contributed by atoms with E-state index in [9.17, 15) is 4.79 Å². The number of likely N-dealkylation sites (N-methyl/N-ethyl adjacent to an activating group) is 1. The second-order valence-electron chi connectivity index (χ2n) is 4.17. The molecule has 0 unspecified atom stereocenters. The highest BCUT2D eigenvalue weighted by Gasteiger charge is 2.27. The number of rotatable bonds is 4. The molecule has 82 valence electrons. The first-order chi connectivity index (χ1) is 6.97. The number of hydrogen-bond donors (Lipinski definition) is 1. The average Bonchev–Trinajstić information content (AvgIpc) is 2.18. The number of ketones is 1. The van der Waals surface area contributed by atoms with Gasteiger partial charge in [0.2, 0.25) is 0 Å². The standard InChI is InChI=1S/C12H18N2O/c1-5-14-12(3,4)11(15)10-7-6-9(2)13-8-10/h6-8,14H,5H2,1-4H3. The van der Waals surface area contributed by atoms with E-state index in [2.05, 4.69) is 10.3 Å². The lowest BCUT2D eigenvalue weighted by atomic mass is 9.94. The van der Waals surface area contributed by atoms with Crippen LogP contribution in [0.3, 0.4) is 0 Å². The predicted molar refractivity (Wildman–Crippen MR) is 61.1 cm³/mol. The third kappa shape index (κ3) is 2.86. The molecule has 3 heteroatoms. The molecule has 3 nitrogen and oxygen atoms in total. The monoisotopic (exact) mass is 206 g/mol. The molecule has 0 amide bonds. The molecule has 1 aromatic heterocycles. The number of pyridine rings is 1. The molecule has 1 aromatic rings. The fourth-order valence-corrected chi connectivity index (χ4v) is 1.49. The van der Waals surface area contributed by atoms with Crippen LogP contribution in [-0.2, 0) is 0 Å². The van der Waals surface area contributed by atoms with E-state index in [0.29, 0.717) is 5.56 Å². The Hall–Kier alpha value is -1.22. The van der Waals surface area contributed by atoms with Gasteiger partial charge in [-0.1, -0.05) is 6.92 Å². The van der Waals surface area contributed by atoms with E-state index >= 15 is 0 Å². The maximum atomic E-state index is 12.1. The Bertz CT molecular complexity index is 341. The number of hydrogen-bond acceptors (Lipinski definition) is 3. The molecule has 0 aliphatic heterocycles. The number of carbonyl (C=O) groups excluding carboxylic acids is 1. The summed E-state index contributed by atoms with van der Waals surface area (Å²) in [7, 11) is 0. The van der Waals surface area contributed by atoms with Gasteiger partial charge in [-0.3, -0.25) is 9.78 Å². The van der Waals surface area contributed by atoms with Crippen LogP contribution in [0.25, 0.3) is 0 Å². The van der Waals surface area contributed by atoms with E-state index in [1.54, 1.807) is 6.20 Å². The van der Waals surface area contributed by atoms with E-state index < -0.39 is 5.54 Å². The molecule has 0 saturated heterocycles. The van der Waals surface area contributed by atoms with E-state index in [1.807, 2.05) is 39.8 Å². The fourth-order valence-electron chi connectivity index (χ4n) is 1.49. The van der Waals surface area contributed by atoms with Gasteiger partial charge in [0, 0.05) is 17.5 Å². The summed E-state index contributed by atoms with van der Waals surface area (Å²) in [4.78, 5) is 16.2. The van der Waals surface area contributed by atoms with Gasteiger partial charge < -0.3 is 5.32 Å². The molecule has 0 radical (unpaired) electrons. The Morgan fingerprint density at radius 3 is 2.60 bits per heavy atom. The van der Waals surface area contributed by atoms with Crippen LogP contribution in [-0.4, -0.2) is 22.9 Å². The van der Waals surface area contributed by atoms with Crippen LogP contribution < -0.4 is 5.32 Å². The van der Waals surface area contributed by atoms with Crippen molar-refractivity contribution in [3.05, 3.63) is 29.6 Å². The Labute approximate surface area is 90.9 Å². The third-order valence-corrected chi connectivity index (χ3v) is 2.36. The average molecular weight is 206 g/mol. The zero-order valence-electron chi connectivity index (χ0n) is 9.79. The van der Waals surface area contributed by atoms with Crippen molar-refractivity contribution in [3.63, 3.8) is 0 Å². The molecule has 15 heavy (non-hydrogen) atoms. The first-order valence-electron chi connectivity index (χ1n) is 5.20. The zero-order chi connectivity index (χ0) is 11.5. The van der Waals surface area contributed by atoms with Crippen molar-refractivity contribution in [3.8, 4) is 0 Å². The SMILES string of the molecule is CCNC(C)(C)C(=O)c1ccc(C)nc1. The van der Waals surface area contributed by atoms with Gasteiger partial charge in [0.25, 0.3) is 0 Å². The Balaban J connectivity index is 2.89. The smallest absolute Gasteiger partial charge is 0.183 e. The van der Waals surface area contributed by atoms with Crippen LogP contribution in [0.2, 0.25) is 0 Å². The lowest BCUT2D eigenvalue weighted by Crippen LogP contribution is -2.46. The van der Waals surface area contributed by atoms with Gasteiger partial charge in [0.1, 0.15) is 0 Å². The van der Waals surface area contributed by atoms with Crippen molar-refractivity contribution in [2.45, 2.75) is 33.2 Å². The van der Waals surface area contributed by atoms with E-state index in [1.165, 1.54) is 0 Å². The summed E-state index contributed by atoms with van der Waals surface area (Å²) in [6.45, 7) is 8.45. The second kappa shape index (κ2) is 4.53. The number of aromatic nitrogens is 1. The molecule has 0 fully saturated rings. The van der Waals surface area contributed by atoms with Crippen molar-refractivity contribution in [2.24, 2.45) is 0 Å². The largest absolute Gasteiger partial charge is 0.305 e. The Morgan fingerprint density at radius 2 is 2.13 bits per heavy atom. The van der Waals surface area contributed by atoms with Gasteiger partial charge in [-0.2, -0.15) is 0 Å². The molecule has 0 bridgehead atoms. The molecule has 1 heterocycles. The highest BCUT2D eigenvalue weighted by Crippen LogP contribution is 2.12. The van der Waals surface area contributed by atoms with E-state index in [4.69, 9.17) is 0 Å². The maximum absolute atomic E-state index is 12.1. The molecule has 0 aliphatic carbocycles. The Kier molecular flexibility index (Phi) is 3.58. The third-order valence-electron chi connectivity index (χ3n) is 2.36. The summed E-state index contributed by atoms with van der Waals surface area (Å²) in [5, 5.41) is 3.16. The fraction of sp³-hybridized carbons (Fsp3) is 0.500. The first-order valence-corrected chi connectivity index (χ1v) is 5.20. The van der Waals surface area contributed by atoms with E-state index in [-0.39, 0.29) is 5.78 Å². The number of nitrogens with zero attached hydrogens (tertiary/aromatic N) is 1. The molecule has 0 spiro atoms. The van der Waals surface area contributed by atoms with Gasteiger partial charge in [-0.15, -0.1) is 0 Å². The van der Waals surface area contributed by atoms with Crippen LogP contribution in [0.4, 0.5) is 0 Å². The molecule has 0 aromatic carbocycles. The molecule has 1 N–H and O–H groups in total. The molecule has 0 atom stereocenters. The molecular weight excluding hydrogens is 188 g/mol. The van der Waals surface area contributed by atoms with Crippen molar-refractivity contribution in [2.75, 3.05) is 6.54 Å². The van der Waals surface area contributed by atoms with Crippen molar-refractivity contribution in [1.82, 2.24) is 10.3 Å². The van der Waals surface area contributed by atoms with Gasteiger partial charge >= 0.3 is 0 Å². The number of Topliss-reactive ketones (excluding diaryl/α,β-unsaturated/α-hetero) is 1. The van der Waals surface area contributed by atoms with Crippen LogP contribution in [0.1, 0.15) is 36.8 Å². The normalized spacial score (nSPS) is 11.5. The lowest BCUT2D eigenvalue weighted by Gasteiger charge is -2.23. The first kappa shape index (κ1) is 11.9. The highest BCUT2D eigenvalue weighted by molar-refractivity contribution is 6.02. The van der Waals surface area contributed by atoms with Crippen molar-refractivity contribution < 1.29 is 4.79 Å². The van der Waals surface area contributed by atoms with Crippen molar-refractivity contribution >= 4 is 5.78 Å². The lowest BCUT2D eigenvalue weighted by molar-refractivity contribution is 0.0883.